The fourth-order valence-electron chi connectivity index (χ4n) is 4.52. The molecule has 0 unspecified atom stereocenters. The van der Waals surface area contributed by atoms with Gasteiger partial charge in [-0.1, -0.05) is 36.4 Å². The number of benzene rings is 2. The van der Waals surface area contributed by atoms with E-state index in [1.54, 1.807) is 0 Å². The van der Waals surface area contributed by atoms with Gasteiger partial charge in [0.25, 0.3) is 0 Å². The van der Waals surface area contributed by atoms with Crippen LogP contribution in [0, 0.1) is 13.8 Å². The number of nitrogens with zero attached hydrogens (tertiary/aromatic N) is 1. The normalized spacial score (nSPS) is 12.6. The van der Waals surface area contributed by atoms with Gasteiger partial charge in [-0.05, 0) is 55.5 Å². The lowest BCUT2D eigenvalue weighted by Gasteiger charge is -2.24. The van der Waals surface area contributed by atoms with Crippen molar-refractivity contribution in [3.63, 3.8) is 0 Å². The quantitative estimate of drug-likeness (QED) is 0.180. The van der Waals surface area contributed by atoms with Gasteiger partial charge >= 0.3 is 0 Å². The highest BCUT2D eigenvalue weighted by Crippen LogP contribution is 2.22. The maximum Gasteiger partial charge on any atom is 0.242 e. The molecule has 3 aromatic rings. The second-order valence-corrected chi connectivity index (χ2v) is 9.83. The average molecular weight is 536 g/mol. The molecule has 0 aliphatic carbocycles. The average Bonchev–Trinajstić information content (AvgIpc) is 3.22. The molecule has 1 aromatic heterocycles. The van der Waals surface area contributed by atoms with Crippen molar-refractivity contribution in [1.29, 1.82) is 0 Å². The van der Waals surface area contributed by atoms with Gasteiger partial charge in [-0.2, -0.15) is 0 Å². The number of carbonyl (C=O) groups excluding carboxylic acids is 3. The van der Waals surface area contributed by atoms with Crippen LogP contribution in [-0.2, 0) is 27.3 Å². The molecule has 0 fully saturated rings. The van der Waals surface area contributed by atoms with Crippen LogP contribution in [-0.4, -0.2) is 65.9 Å². The molecule has 3 rings (SSSR count). The number of hydrogen-bond donors (Lipinski definition) is 6. The van der Waals surface area contributed by atoms with Crippen LogP contribution in [0.5, 0.6) is 0 Å². The zero-order valence-corrected chi connectivity index (χ0v) is 22.8. The molecule has 0 bridgehead atoms. The molecule has 0 saturated carbocycles. The highest BCUT2D eigenvalue weighted by Gasteiger charge is 2.26. The third-order valence-electron chi connectivity index (χ3n) is 6.92. The fraction of sp³-hybridized carbons (Fsp3) is 0.414. The van der Waals surface area contributed by atoms with Gasteiger partial charge in [0.1, 0.15) is 6.04 Å². The molecule has 0 spiro atoms. The summed E-state index contributed by atoms with van der Waals surface area (Å²) in [6.45, 7) is 5.64. The highest BCUT2D eigenvalue weighted by atomic mass is 16.2. The van der Waals surface area contributed by atoms with E-state index in [9.17, 15) is 14.4 Å². The van der Waals surface area contributed by atoms with Gasteiger partial charge < -0.3 is 37.7 Å². The number of aromatic nitrogens is 1. The standard InChI is InChI=1S/C29H41N7O3/c1-19-20(2)34-25-10-9-22(16-23(19)25)18-33-29(39)26(11-8-21-6-4-3-5-7-21)35-28(38)24(32)17-27(37)36(14-12-30)15-13-31/h3-7,9-10,16,24,26,34H,8,11-15,17-18,30-32H2,1-2H3,(H,33,39)(H,35,38)/t24-,26-/m0/s1. The molecular formula is C29H41N7O3. The molecular weight excluding hydrogens is 494 g/mol. The largest absolute Gasteiger partial charge is 0.358 e. The molecule has 210 valence electrons. The summed E-state index contributed by atoms with van der Waals surface area (Å²) in [5, 5.41) is 6.84. The van der Waals surface area contributed by atoms with E-state index >= 15 is 0 Å². The van der Waals surface area contributed by atoms with Crippen molar-refractivity contribution >= 4 is 28.6 Å². The van der Waals surface area contributed by atoms with E-state index < -0.39 is 18.0 Å². The summed E-state index contributed by atoms with van der Waals surface area (Å²) < 4.78 is 0. The Labute approximate surface area is 229 Å². The second-order valence-electron chi connectivity index (χ2n) is 9.83. The van der Waals surface area contributed by atoms with Crippen LogP contribution < -0.4 is 27.8 Å². The summed E-state index contributed by atoms with van der Waals surface area (Å²) in [4.78, 5) is 43.7. The number of fused-ring (bicyclic) bond motifs is 1. The van der Waals surface area contributed by atoms with Gasteiger partial charge in [-0.25, -0.2) is 0 Å². The lowest BCUT2D eigenvalue weighted by Crippen LogP contribution is -2.53. The summed E-state index contributed by atoms with van der Waals surface area (Å²) in [5.41, 5.74) is 22.6. The Morgan fingerprint density at radius 3 is 2.31 bits per heavy atom. The number of nitrogens with two attached hydrogens (primary N) is 3. The lowest BCUT2D eigenvalue weighted by molar-refractivity contribution is -0.135. The van der Waals surface area contributed by atoms with Crippen molar-refractivity contribution in [2.45, 2.75) is 51.7 Å². The van der Waals surface area contributed by atoms with Crippen molar-refractivity contribution < 1.29 is 14.4 Å². The summed E-state index contributed by atoms with van der Waals surface area (Å²) in [7, 11) is 0. The maximum absolute atomic E-state index is 13.3. The summed E-state index contributed by atoms with van der Waals surface area (Å²) in [5.74, 6) is -1.17. The number of rotatable bonds is 14. The third kappa shape index (κ3) is 8.38. The number of aryl methyl sites for hydroxylation is 3. The molecule has 0 radical (unpaired) electrons. The Balaban J connectivity index is 1.66. The van der Waals surface area contributed by atoms with E-state index in [1.807, 2.05) is 49.4 Å². The van der Waals surface area contributed by atoms with E-state index in [2.05, 4.69) is 28.6 Å². The van der Waals surface area contributed by atoms with Gasteiger partial charge in [-0.3, -0.25) is 14.4 Å². The number of aromatic amines is 1. The van der Waals surface area contributed by atoms with Gasteiger partial charge in [-0.15, -0.1) is 0 Å². The van der Waals surface area contributed by atoms with Crippen molar-refractivity contribution in [2.75, 3.05) is 26.2 Å². The number of amides is 3. The van der Waals surface area contributed by atoms with E-state index in [4.69, 9.17) is 17.2 Å². The molecule has 3 amide bonds. The van der Waals surface area contributed by atoms with Crippen LogP contribution in [0.2, 0.25) is 0 Å². The van der Waals surface area contributed by atoms with Crippen LogP contribution >= 0.6 is 0 Å². The number of carbonyl (C=O) groups is 3. The van der Waals surface area contributed by atoms with Crippen LogP contribution in [0.3, 0.4) is 0 Å². The Morgan fingerprint density at radius 2 is 1.64 bits per heavy atom. The molecule has 2 aromatic carbocycles. The molecule has 1 heterocycles. The zero-order chi connectivity index (χ0) is 28.4. The van der Waals surface area contributed by atoms with Crippen LogP contribution in [0.25, 0.3) is 10.9 Å². The van der Waals surface area contributed by atoms with Crippen molar-refractivity contribution in [3.05, 3.63) is 70.9 Å². The first kappa shape index (κ1) is 29.8. The zero-order valence-electron chi connectivity index (χ0n) is 22.8. The van der Waals surface area contributed by atoms with Crippen LogP contribution in [0.1, 0.15) is 35.2 Å². The van der Waals surface area contributed by atoms with Crippen LogP contribution in [0.4, 0.5) is 0 Å². The minimum absolute atomic E-state index is 0.200. The Kier molecular flexibility index (Phi) is 11.0. The predicted molar refractivity (Wildman–Crippen MR) is 154 cm³/mol. The van der Waals surface area contributed by atoms with Gasteiger partial charge in [0.2, 0.25) is 17.7 Å². The minimum Gasteiger partial charge on any atom is -0.358 e. The molecule has 2 atom stereocenters. The van der Waals surface area contributed by atoms with E-state index in [1.165, 1.54) is 10.5 Å². The van der Waals surface area contributed by atoms with Gasteiger partial charge in [0, 0.05) is 49.3 Å². The van der Waals surface area contributed by atoms with E-state index in [0.717, 1.165) is 27.7 Å². The Bertz CT molecular complexity index is 1250. The van der Waals surface area contributed by atoms with Gasteiger partial charge in [0.15, 0.2) is 0 Å². The summed E-state index contributed by atoms with van der Waals surface area (Å²) >= 11 is 0. The summed E-state index contributed by atoms with van der Waals surface area (Å²) in [6, 6.07) is 13.8. The highest BCUT2D eigenvalue weighted by molar-refractivity contribution is 5.92. The maximum atomic E-state index is 13.3. The van der Waals surface area contributed by atoms with E-state index in [-0.39, 0.29) is 31.3 Å². The number of hydrogen-bond acceptors (Lipinski definition) is 6. The first-order valence-corrected chi connectivity index (χ1v) is 13.4. The summed E-state index contributed by atoms with van der Waals surface area (Å²) in [6.07, 6.45) is 0.764. The molecule has 39 heavy (non-hydrogen) atoms. The smallest absolute Gasteiger partial charge is 0.242 e. The van der Waals surface area contributed by atoms with Gasteiger partial charge in [0.05, 0.1) is 12.5 Å². The molecule has 10 heteroatoms. The van der Waals surface area contributed by atoms with Crippen molar-refractivity contribution in [2.24, 2.45) is 17.2 Å². The SMILES string of the molecule is Cc1[nH]c2ccc(CNC(=O)[C@H](CCc3ccccc3)NC(=O)[C@@H](N)CC(=O)N(CCN)CCN)cc2c1C. The molecule has 0 aliphatic heterocycles. The molecule has 0 saturated heterocycles. The number of nitrogens with one attached hydrogen (secondary N) is 3. The number of H-pyrrole nitrogens is 1. The molecule has 9 N–H and O–H groups in total. The van der Waals surface area contributed by atoms with E-state index in [0.29, 0.717) is 32.5 Å². The van der Waals surface area contributed by atoms with Crippen molar-refractivity contribution in [3.8, 4) is 0 Å². The van der Waals surface area contributed by atoms with Crippen LogP contribution in [0.15, 0.2) is 48.5 Å². The monoisotopic (exact) mass is 535 g/mol. The first-order valence-electron chi connectivity index (χ1n) is 13.4. The van der Waals surface area contributed by atoms with Crippen molar-refractivity contribution in [1.82, 2.24) is 20.5 Å². The topological polar surface area (TPSA) is 172 Å². The fourth-order valence-corrected chi connectivity index (χ4v) is 4.52. The molecule has 10 nitrogen and oxygen atoms in total. The second kappa shape index (κ2) is 14.4. The first-order chi connectivity index (χ1) is 18.7. The predicted octanol–water partition coefficient (Wildman–Crippen LogP) is 0.982. The third-order valence-corrected chi connectivity index (χ3v) is 6.92. The Hall–Kier alpha value is -3.73. The minimum atomic E-state index is -1.11. The Morgan fingerprint density at radius 1 is 0.949 bits per heavy atom. The molecule has 0 aliphatic rings. The lowest BCUT2D eigenvalue weighted by atomic mass is 10.0.